The zero-order chi connectivity index (χ0) is 21.6. The number of aliphatic hydroxyl groups is 1. The van der Waals surface area contributed by atoms with E-state index in [0.29, 0.717) is 17.3 Å². The Balaban J connectivity index is 1.48. The van der Waals surface area contributed by atoms with Crippen molar-refractivity contribution in [2.45, 2.75) is 42.8 Å². The minimum Gasteiger partial charge on any atom is -0.445 e. The molecule has 0 amide bonds. The van der Waals surface area contributed by atoms with Crippen molar-refractivity contribution in [2.24, 2.45) is 11.8 Å². The highest BCUT2D eigenvalue weighted by atomic mass is 35.5. The lowest BCUT2D eigenvalue weighted by Gasteiger charge is -2.33. The highest BCUT2D eigenvalue weighted by Gasteiger charge is 2.51. The van der Waals surface area contributed by atoms with Crippen molar-refractivity contribution < 1.29 is 17.9 Å². The topological polar surface area (TPSA) is 83.6 Å². The molecule has 2 bridgehead atoms. The maximum atomic E-state index is 13.6. The molecule has 3 aromatic rings. The zero-order valence-electron chi connectivity index (χ0n) is 16.8. The smallest absolute Gasteiger partial charge is 0.243 e. The van der Waals surface area contributed by atoms with Gasteiger partial charge in [0, 0.05) is 29.1 Å². The molecule has 4 unspecified atom stereocenters. The highest BCUT2D eigenvalue weighted by molar-refractivity contribution is 7.89. The number of aromatic nitrogens is 1. The van der Waals surface area contributed by atoms with Crippen LogP contribution in [0.15, 0.2) is 70.3 Å². The molecule has 2 saturated carbocycles. The Hall–Kier alpha value is -2.19. The molecule has 31 heavy (non-hydrogen) atoms. The van der Waals surface area contributed by atoms with Crippen LogP contribution in [0.3, 0.4) is 0 Å². The molecular formula is C23H23ClN2O4S. The lowest BCUT2D eigenvalue weighted by Crippen LogP contribution is -2.43. The molecule has 2 aromatic carbocycles. The third-order valence-corrected chi connectivity index (χ3v) is 8.73. The SMILES string of the molecule is O=S(=O)(c1ccc(Cl)cc1)N(Cc1ccc(-c2ncco2)cc1)C1CC2CCC1C2O. The predicted octanol–water partition coefficient (Wildman–Crippen LogP) is 4.35. The second-order valence-electron chi connectivity index (χ2n) is 8.33. The monoisotopic (exact) mass is 458 g/mol. The van der Waals surface area contributed by atoms with Crippen molar-refractivity contribution in [3.8, 4) is 11.5 Å². The molecule has 0 spiro atoms. The Morgan fingerprint density at radius 2 is 1.84 bits per heavy atom. The summed E-state index contributed by atoms with van der Waals surface area (Å²) in [5, 5.41) is 11.1. The number of sulfonamides is 1. The Kier molecular flexibility index (Phi) is 5.38. The van der Waals surface area contributed by atoms with Crippen molar-refractivity contribution in [3.05, 3.63) is 71.6 Å². The molecule has 0 radical (unpaired) electrons. The molecule has 2 aliphatic rings. The van der Waals surface area contributed by atoms with E-state index in [4.69, 9.17) is 16.0 Å². The Labute approximate surface area is 186 Å². The van der Waals surface area contributed by atoms with Crippen LogP contribution >= 0.6 is 11.6 Å². The van der Waals surface area contributed by atoms with Gasteiger partial charge in [-0.1, -0.05) is 23.7 Å². The summed E-state index contributed by atoms with van der Waals surface area (Å²) in [6, 6.07) is 13.6. The van der Waals surface area contributed by atoms with Gasteiger partial charge >= 0.3 is 0 Å². The van der Waals surface area contributed by atoms with E-state index in [0.717, 1.165) is 24.0 Å². The van der Waals surface area contributed by atoms with Crippen LogP contribution in [0.4, 0.5) is 0 Å². The summed E-state index contributed by atoms with van der Waals surface area (Å²) < 4.78 is 34.2. The van der Waals surface area contributed by atoms with Gasteiger partial charge in [0.1, 0.15) is 6.26 Å². The molecule has 2 aliphatic carbocycles. The molecule has 1 N–H and O–H groups in total. The van der Waals surface area contributed by atoms with Crippen LogP contribution in [0, 0.1) is 11.8 Å². The van der Waals surface area contributed by atoms with Gasteiger partial charge in [0.15, 0.2) is 0 Å². The molecular weight excluding hydrogens is 436 g/mol. The lowest BCUT2D eigenvalue weighted by atomic mass is 9.95. The minimum absolute atomic E-state index is 0.0290. The van der Waals surface area contributed by atoms with E-state index in [-0.39, 0.29) is 29.3 Å². The third kappa shape index (κ3) is 3.80. The fraction of sp³-hybridized carbons (Fsp3) is 0.348. The maximum Gasteiger partial charge on any atom is 0.243 e. The number of rotatable bonds is 6. The number of hydrogen-bond acceptors (Lipinski definition) is 5. The number of aliphatic hydroxyl groups excluding tert-OH is 1. The summed E-state index contributed by atoms with van der Waals surface area (Å²) in [7, 11) is -3.77. The number of fused-ring (bicyclic) bond motifs is 2. The molecule has 2 fully saturated rings. The summed E-state index contributed by atoms with van der Waals surface area (Å²) in [4.78, 5) is 4.36. The van der Waals surface area contributed by atoms with Gasteiger partial charge in [-0.2, -0.15) is 4.31 Å². The fourth-order valence-electron chi connectivity index (χ4n) is 5.01. The number of benzene rings is 2. The largest absolute Gasteiger partial charge is 0.445 e. The average molecular weight is 459 g/mol. The van der Waals surface area contributed by atoms with Crippen molar-refractivity contribution in [1.82, 2.24) is 9.29 Å². The highest BCUT2D eigenvalue weighted by Crippen LogP contribution is 2.48. The van der Waals surface area contributed by atoms with E-state index >= 15 is 0 Å². The first kappa shape index (κ1) is 20.7. The van der Waals surface area contributed by atoms with E-state index in [9.17, 15) is 13.5 Å². The molecule has 1 aromatic heterocycles. The van der Waals surface area contributed by atoms with Crippen molar-refractivity contribution in [3.63, 3.8) is 0 Å². The summed E-state index contributed by atoms with van der Waals surface area (Å²) >= 11 is 5.97. The third-order valence-electron chi connectivity index (χ3n) is 6.59. The second kappa shape index (κ2) is 8.06. The summed E-state index contributed by atoms with van der Waals surface area (Å²) in [5.41, 5.74) is 1.70. The van der Waals surface area contributed by atoms with E-state index in [1.165, 1.54) is 6.26 Å². The maximum absolute atomic E-state index is 13.6. The van der Waals surface area contributed by atoms with Crippen LogP contribution < -0.4 is 0 Å². The van der Waals surface area contributed by atoms with Gasteiger partial charge < -0.3 is 9.52 Å². The van der Waals surface area contributed by atoms with Gasteiger partial charge in [0.25, 0.3) is 0 Å². The zero-order valence-corrected chi connectivity index (χ0v) is 18.3. The second-order valence-corrected chi connectivity index (χ2v) is 10.7. The summed E-state index contributed by atoms with van der Waals surface area (Å²) in [6.07, 6.45) is 5.18. The van der Waals surface area contributed by atoms with E-state index in [2.05, 4.69) is 4.98 Å². The number of hydrogen-bond donors (Lipinski definition) is 1. The van der Waals surface area contributed by atoms with Crippen LogP contribution in [-0.2, 0) is 16.6 Å². The van der Waals surface area contributed by atoms with Crippen molar-refractivity contribution >= 4 is 21.6 Å². The standard InChI is InChI=1S/C23H23ClN2O4S/c24-18-6-8-19(9-7-18)31(28,29)26(21-13-17-5-10-20(21)22(17)27)14-15-1-3-16(4-2-15)23-25-11-12-30-23/h1-4,6-9,11-12,17,20-22,27H,5,10,13-14H2. The average Bonchev–Trinajstić information content (AvgIpc) is 3.50. The van der Waals surface area contributed by atoms with Gasteiger partial charge in [-0.15, -0.1) is 0 Å². The van der Waals surface area contributed by atoms with Gasteiger partial charge in [-0.25, -0.2) is 13.4 Å². The first-order valence-electron chi connectivity index (χ1n) is 10.4. The molecule has 0 saturated heterocycles. The number of nitrogens with zero attached hydrogens (tertiary/aromatic N) is 2. The van der Waals surface area contributed by atoms with E-state index in [1.54, 1.807) is 34.8 Å². The Morgan fingerprint density at radius 1 is 1.10 bits per heavy atom. The van der Waals surface area contributed by atoms with Gasteiger partial charge in [-0.05, 0) is 67.1 Å². The van der Waals surface area contributed by atoms with Crippen LogP contribution in [-0.4, -0.2) is 35.0 Å². The summed E-state index contributed by atoms with van der Waals surface area (Å²) in [5.74, 6) is 0.664. The lowest BCUT2D eigenvalue weighted by molar-refractivity contribution is 0.114. The minimum atomic E-state index is -3.77. The first-order valence-corrected chi connectivity index (χ1v) is 12.2. The number of halogens is 1. The normalized spacial score (nSPS) is 25.4. The quantitative estimate of drug-likeness (QED) is 0.593. The summed E-state index contributed by atoms with van der Waals surface area (Å²) in [6.45, 7) is 0.234. The van der Waals surface area contributed by atoms with Crippen molar-refractivity contribution in [1.29, 1.82) is 0 Å². The molecule has 5 rings (SSSR count). The first-order chi connectivity index (χ1) is 14.9. The molecule has 0 aliphatic heterocycles. The van der Waals surface area contributed by atoms with Crippen molar-refractivity contribution in [2.75, 3.05) is 0 Å². The van der Waals surface area contributed by atoms with Crippen LogP contribution in [0.5, 0.6) is 0 Å². The molecule has 6 nitrogen and oxygen atoms in total. The predicted molar refractivity (Wildman–Crippen MR) is 117 cm³/mol. The van der Waals surface area contributed by atoms with E-state index in [1.807, 2.05) is 24.3 Å². The molecule has 4 atom stereocenters. The van der Waals surface area contributed by atoms with Crippen LogP contribution in [0.25, 0.3) is 11.5 Å². The fourth-order valence-corrected chi connectivity index (χ4v) is 6.81. The van der Waals surface area contributed by atoms with Crippen LogP contribution in [0.2, 0.25) is 5.02 Å². The van der Waals surface area contributed by atoms with E-state index < -0.39 is 16.1 Å². The Morgan fingerprint density at radius 3 is 2.42 bits per heavy atom. The molecule has 162 valence electrons. The van der Waals surface area contributed by atoms with Gasteiger partial charge in [-0.3, -0.25) is 0 Å². The van der Waals surface area contributed by atoms with Gasteiger partial charge in [0.05, 0.1) is 17.2 Å². The Bertz CT molecular complexity index is 1150. The van der Waals surface area contributed by atoms with Crippen LogP contribution in [0.1, 0.15) is 24.8 Å². The molecule has 8 heteroatoms. The molecule has 1 heterocycles. The number of oxazole rings is 1. The van der Waals surface area contributed by atoms with Gasteiger partial charge in [0.2, 0.25) is 15.9 Å².